The highest BCUT2D eigenvalue weighted by atomic mass is 32.2. The first kappa shape index (κ1) is 14.0. The van der Waals surface area contributed by atoms with E-state index in [1.54, 1.807) is 24.3 Å². The van der Waals surface area contributed by atoms with Crippen LogP contribution in [0.15, 0.2) is 29.2 Å². The first-order valence-corrected chi connectivity index (χ1v) is 8.16. The Morgan fingerprint density at radius 1 is 1.37 bits per heavy atom. The van der Waals surface area contributed by atoms with Crippen molar-refractivity contribution in [1.82, 2.24) is 10.6 Å². The molecular weight excluding hydrogens is 264 g/mol. The zero-order chi connectivity index (χ0) is 13.9. The lowest BCUT2D eigenvalue weighted by molar-refractivity contribution is -0.122. The summed E-state index contributed by atoms with van der Waals surface area (Å²) in [7, 11) is -3.16. The standard InChI is InChI=1S/C13H18N2O3S/c1-19(17,18)11-6-4-10(5-7-11)9-15-13(16)12-3-2-8-14-12/h4-7,12,14H,2-3,8-9H2,1H3,(H,15,16)/t12-/m1/s1. The van der Waals surface area contributed by atoms with E-state index in [-0.39, 0.29) is 11.9 Å². The predicted octanol–water partition coefficient (Wildman–Crippen LogP) is 0.458. The fraction of sp³-hybridized carbons (Fsp3) is 0.462. The van der Waals surface area contributed by atoms with Crippen LogP contribution in [0.3, 0.4) is 0 Å². The number of amides is 1. The summed E-state index contributed by atoms with van der Waals surface area (Å²) < 4.78 is 22.6. The van der Waals surface area contributed by atoms with Crippen LogP contribution in [-0.2, 0) is 21.2 Å². The summed E-state index contributed by atoms with van der Waals surface area (Å²) in [6.07, 6.45) is 3.08. The minimum atomic E-state index is -3.16. The van der Waals surface area contributed by atoms with E-state index in [4.69, 9.17) is 0 Å². The molecule has 19 heavy (non-hydrogen) atoms. The smallest absolute Gasteiger partial charge is 0.237 e. The molecule has 0 bridgehead atoms. The molecule has 0 aliphatic carbocycles. The Hall–Kier alpha value is -1.40. The fourth-order valence-electron chi connectivity index (χ4n) is 2.08. The lowest BCUT2D eigenvalue weighted by Crippen LogP contribution is -2.39. The molecule has 1 saturated heterocycles. The first-order chi connectivity index (χ1) is 8.97. The van der Waals surface area contributed by atoms with Crippen molar-refractivity contribution in [2.75, 3.05) is 12.8 Å². The summed E-state index contributed by atoms with van der Waals surface area (Å²) in [5.74, 6) is 0.00434. The molecule has 1 aromatic rings. The zero-order valence-electron chi connectivity index (χ0n) is 10.8. The third-order valence-corrected chi connectivity index (χ3v) is 4.32. The van der Waals surface area contributed by atoms with Crippen molar-refractivity contribution in [2.24, 2.45) is 0 Å². The molecule has 1 amide bonds. The van der Waals surface area contributed by atoms with Crippen molar-refractivity contribution in [3.05, 3.63) is 29.8 Å². The quantitative estimate of drug-likeness (QED) is 0.841. The van der Waals surface area contributed by atoms with Crippen molar-refractivity contribution < 1.29 is 13.2 Å². The summed E-state index contributed by atoms with van der Waals surface area (Å²) in [4.78, 5) is 12.1. The number of hydrogen-bond donors (Lipinski definition) is 2. The van der Waals surface area contributed by atoms with Crippen LogP contribution >= 0.6 is 0 Å². The van der Waals surface area contributed by atoms with E-state index < -0.39 is 9.84 Å². The Morgan fingerprint density at radius 2 is 2.05 bits per heavy atom. The molecule has 2 rings (SSSR count). The normalized spacial score (nSPS) is 19.3. The average Bonchev–Trinajstić information content (AvgIpc) is 2.89. The Morgan fingerprint density at radius 3 is 2.58 bits per heavy atom. The largest absolute Gasteiger partial charge is 0.351 e. The summed E-state index contributed by atoms with van der Waals surface area (Å²) in [6, 6.07) is 6.47. The third-order valence-electron chi connectivity index (χ3n) is 3.20. The van der Waals surface area contributed by atoms with Gasteiger partial charge in [0.1, 0.15) is 0 Å². The van der Waals surface area contributed by atoms with E-state index in [0.29, 0.717) is 11.4 Å². The fourth-order valence-corrected chi connectivity index (χ4v) is 2.71. The monoisotopic (exact) mass is 282 g/mol. The van der Waals surface area contributed by atoms with Crippen LogP contribution in [0, 0.1) is 0 Å². The molecule has 104 valence electrons. The van der Waals surface area contributed by atoms with Gasteiger partial charge in [0.05, 0.1) is 10.9 Å². The number of benzene rings is 1. The van der Waals surface area contributed by atoms with Crippen molar-refractivity contribution in [3.63, 3.8) is 0 Å². The second-order valence-corrected chi connectivity index (χ2v) is 6.80. The highest BCUT2D eigenvalue weighted by Crippen LogP contribution is 2.10. The van der Waals surface area contributed by atoms with Crippen LogP contribution in [0.1, 0.15) is 18.4 Å². The van der Waals surface area contributed by atoms with Crippen molar-refractivity contribution >= 4 is 15.7 Å². The van der Waals surface area contributed by atoms with E-state index in [1.807, 2.05) is 0 Å². The maximum Gasteiger partial charge on any atom is 0.237 e. The Balaban J connectivity index is 1.91. The SMILES string of the molecule is CS(=O)(=O)c1ccc(CNC(=O)[C@H]2CCCN2)cc1. The Labute approximate surface area is 113 Å². The molecule has 5 nitrogen and oxygen atoms in total. The number of sulfone groups is 1. The van der Waals surface area contributed by atoms with Crippen LogP contribution in [-0.4, -0.2) is 33.2 Å². The molecule has 0 aromatic heterocycles. The molecule has 0 spiro atoms. The minimum absolute atomic E-state index is 0.00434. The predicted molar refractivity (Wildman–Crippen MR) is 72.4 cm³/mol. The van der Waals surface area contributed by atoms with E-state index >= 15 is 0 Å². The second kappa shape index (κ2) is 5.71. The number of rotatable bonds is 4. The molecule has 2 N–H and O–H groups in total. The lowest BCUT2D eigenvalue weighted by atomic mass is 10.2. The van der Waals surface area contributed by atoms with Crippen LogP contribution in [0.4, 0.5) is 0 Å². The summed E-state index contributed by atoms with van der Waals surface area (Å²) in [5, 5.41) is 5.98. The topological polar surface area (TPSA) is 75.3 Å². The van der Waals surface area contributed by atoms with Gasteiger partial charge in [0.2, 0.25) is 5.91 Å². The van der Waals surface area contributed by atoms with Crippen molar-refractivity contribution in [1.29, 1.82) is 0 Å². The van der Waals surface area contributed by atoms with Gasteiger partial charge in [0, 0.05) is 12.8 Å². The molecule has 1 fully saturated rings. The molecule has 1 aromatic carbocycles. The zero-order valence-corrected chi connectivity index (χ0v) is 11.7. The van der Waals surface area contributed by atoms with Gasteiger partial charge in [-0.3, -0.25) is 4.79 Å². The van der Waals surface area contributed by atoms with Gasteiger partial charge < -0.3 is 10.6 Å². The van der Waals surface area contributed by atoms with Crippen molar-refractivity contribution in [2.45, 2.75) is 30.3 Å². The average molecular weight is 282 g/mol. The molecule has 0 saturated carbocycles. The van der Waals surface area contributed by atoms with Gasteiger partial charge in [0.25, 0.3) is 0 Å². The Kier molecular flexibility index (Phi) is 4.21. The molecule has 1 aliphatic rings. The molecule has 0 radical (unpaired) electrons. The Bertz CT molecular complexity index is 546. The van der Waals surface area contributed by atoms with E-state index in [2.05, 4.69) is 10.6 Å². The van der Waals surface area contributed by atoms with E-state index in [9.17, 15) is 13.2 Å². The summed E-state index contributed by atoms with van der Waals surface area (Å²) in [6.45, 7) is 1.31. The molecule has 1 heterocycles. The van der Waals surface area contributed by atoms with E-state index in [0.717, 1.165) is 24.9 Å². The van der Waals surface area contributed by atoms with Crippen molar-refractivity contribution in [3.8, 4) is 0 Å². The second-order valence-electron chi connectivity index (χ2n) is 4.78. The van der Waals surface area contributed by atoms with Crippen LogP contribution in [0.5, 0.6) is 0 Å². The van der Waals surface area contributed by atoms with Gasteiger partial charge in [0.15, 0.2) is 9.84 Å². The van der Waals surface area contributed by atoms with E-state index in [1.165, 1.54) is 6.26 Å². The number of carbonyl (C=O) groups is 1. The lowest BCUT2D eigenvalue weighted by Gasteiger charge is -2.11. The summed E-state index contributed by atoms with van der Waals surface area (Å²) >= 11 is 0. The molecule has 1 aliphatic heterocycles. The maximum atomic E-state index is 11.8. The highest BCUT2D eigenvalue weighted by molar-refractivity contribution is 7.90. The first-order valence-electron chi connectivity index (χ1n) is 6.27. The van der Waals surface area contributed by atoms with Crippen LogP contribution in [0.25, 0.3) is 0 Å². The van der Waals surface area contributed by atoms with Crippen LogP contribution < -0.4 is 10.6 Å². The summed E-state index contributed by atoms with van der Waals surface area (Å²) in [5.41, 5.74) is 0.888. The number of hydrogen-bond acceptors (Lipinski definition) is 4. The molecule has 6 heteroatoms. The van der Waals surface area contributed by atoms with Gasteiger partial charge in [-0.15, -0.1) is 0 Å². The molecule has 1 atom stereocenters. The third kappa shape index (κ3) is 3.78. The van der Waals surface area contributed by atoms with Gasteiger partial charge in [-0.25, -0.2) is 8.42 Å². The minimum Gasteiger partial charge on any atom is -0.351 e. The van der Waals surface area contributed by atoms with Crippen LogP contribution in [0.2, 0.25) is 0 Å². The van der Waals surface area contributed by atoms with Gasteiger partial charge in [-0.05, 0) is 37.1 Å². The maximum absolute atomic E-state index is 11.8. The number of carbonyl (C=O) groups excluding carboxylic acids is 1. The number of nitrogens with one attached hydrogen (secondary N) is 2. The highest BCUT2D eigenvalue weighted by Gasteiger charge is 2.21. The van der Waals surface area contributed by atoms with Gasteiger partial charge in [-0.2, -0.15) is 0 Å². The molecular formula is C13H18N2O3S. The van der Waals surface area contributed by atoms with Gasteiger partial charge >= 0.3 is 0 Å². The molecule has 0 unspecified atom stereocenters. The van der Waals surface area contributed by atoms with Gasteiger partial charge in [-0.1, -0.05) is 12.1 Å².